The molecule has 1 saturated carbocycles. The van der Waals surface area contributed by atoms with Gasteiger partial charge in [0, 0.05) is 6.20 Å². The second-order valence-electron chi connectivity index (χ2n) is 5.26. The number of aryl methyl sites for hydroxylation is 1. The van der Waals surface area contributed by atoms with E-state index in [0.29, 0.717) is 18.5 Å². The molecule has 7 heteroatoms. The highest BCUT2D eigenvalue weighted by molar-refractivity contribution is 7.90. The third kappa shape index (κ3) is 2.77. The molecule has 1 fully saturated rings. The zero-order valence-electron chi connectivity index (χ0n) is 11.3. The Kier molecular flexibility index (Phi) is 3.63. The van der Waals surface area contributed by atoms with Crippen LogP contribution in [-0.4, -0.2) is 29.2 Å². The van der Waals surface area contributed by atoms with Gasteiger partial charge in [0.15, 0.2) is 0 Å². The van der Waals surface area contributed by atoms with E-state index in [4.69, 9.17) is 9.88 Å². The van der Waals surface area contributed by atoms with E-state index in [-0.39, 0.29) is 6.10 Å². The monoisotopic (exact) mass is 285 g/mol. The van der Waals surface area contributed by atoms with Gasteiger partial charge >= 0.3 is 0 Å². The summed E-state index contributed by atoms with van der Waals surface area (Å²) in [5.41, 5.74) is 1.29. The van der Waals surface area contributed by atoms with Crippen LogP contribution in [-0.2, 0) is 14.8 Å². The highest BCUT2D eigenvalue weighted by atomic mass is 32.2. The summed E-state index contributed by atoms with van der Waals surface area (Å²) in [6, 6.07) is 0. The molecule has 0 saturated heterocycles. The highest BCUT2D eigenvalue weighted by Gasteiger charge is 2.60. The van der Waals surface area contributed by atoms with Crippen LogP contribution in [0, 0.1) is 6.92 Å². The van der Waals surface area contributed by atoms with Crippen molar-refractivity contribution in [3.63, 3.8) is 0 Å². The van der Waals surface area contributed by atoms with Crippen molar-refractivity contribution < 1.29 is 13.2 Å². The normalized spacial score (nSPS) is 19.4. The Hall–Kier alpha value is -1.05. The van der Waals surface area contributed by atoms with E-state index in [0.717, 1.165) is 5.69 Å². The molecule has 1 aromatic heterocycles. The lowest BCUT2D eigenvalue weighted by Crippen LogP contribution is -2.38. The number of aromatic nitrogens is 2. The largest absolute Gasteiger partial charge is 0.367 e. The maximum absolute atomic E-state index is 11.8. The number of hydrogen-bond donors (Lipinski definition) is 1. The Morgan fingerprint density at radius 2 is 1.95 bits per heavy atom. The fourth-order valence-electron chi connectivity index (χ4n) is 2.09. The number of sulfonamides is 1. The number of nitrogens with zero attached hydrogens (tertiary/aromatic N) is 2. The van der Waals surface area contributed by atoms with E-state index in [2.05, 4.69) is 9.97 Å². The molecule has 0 amide bonds. The van der Waals surface area contributed by atoms with Crippen molar-refractivity contribution in [1.82, 2.24) is 9.97 Å². The molecule has 1 heterocycles. The molecule has 0 bridgehead atoms. The van der Waals surface area contributed by atoms with Crippen LogP contribution < -0.4 is 5.14 Å². The molecular formula is C12H19N3O3S. The van der Waals surface area contributed by atoms with Gasteiger partial charge in [-0.1, -0.05) is 0 Å². The summed E-state index contributed by atoms with van der Waals surface area (Å²) >= 11 is 0. The van der Waals surface area contributed by atoms with Crippen molar-refractivity contribution in [2.75, 3.05) is 0 Å². The molecule has 6 nitrogen and oxygen atoms in total. The Morgan fingerprint density at radius 3 is 2.32 bits per heavy atom. The maximum Gasteiger partial charge on any atom is 0.217 e. The van der Waals surface area contributed by atoms with Gasteiger partial charge in [0.05, 0.1) is 23.7 Å². The van der Waals surface area contributed by atoms with Gasteiger partial charge in [-0.3, -0.25) is 9.97 Å². The molecule has 0 aliphatic heterocycles. The third-order valence-corrected chi connectivity index (χ3v) is 5.02. The lowest BCUT2D eigenvalue weighted by Gasteiger charge is -2.26. The Labute approximate surface area is 113 Å². The Bertz CT molecular complexity index is 550. The van der Waals surface area contributed by atoms with Crippen LogP contribution in [0.4, 0.5) is 0 Å². The van der Waals surface area contributed by atoms with E-state index in [1.54, 1.807) is 12.4 Å². The van der Waals surface area contributed by atoms with Gasteiger partial charge in [0.2, 0.25) is 10.0 Å². The Balaban J connectivity index is 2.40. The minimum atomic E-state index is -3.69. The van der Waals surface area contributed by atoms with E-state index >= 15 is 0 Å². The molecule has 1 aliphatic carbocycles. The van der Waals surface area contributed by atoms with E-state index < -0.39 is 20.9 Å². The molecule has 2 N–H and O–H groups in total. The smallest absolute Gasteiger partial charge is 0.217 e. The minimum Gasteiger partial charge on any atom is -0.367 e. The fourth-order valence-corrected chi connectivity index (χ4v) is 3.24. The van der Waals surface area contributed by atoms with Crippen LogP contribution in [0.15, 0.2) is 12.4 Å². The van der Waals surface area contributed by atoms with Crippen molar-refractivity contribution in [2.45, 2.75) is 50.6 Å². The quantitative estimate of drug-likeness (QED) is 0.873. The maximum atomic E-state index is 11.8. The van der Waals surface area contributed by atoms with Crippen LogP contribution in [0.3, 0.4) is 0 Å². The minimum absolute atomic E-state index is 0.118. The van der Waals surface area contributed by atoms with Crippen LogP contribution in [0.25, 0.3) is 0 Å². The second-order valence-corrected chi connectivity index (χ2v) is 7.16. The second kappa shape index (κ2) is 4.81. The molecule has 1 atom stereocenters. The third-order valence-electron chi connectivity index (χ3n) is 3.27. The summed E-state index contributed by atoms with van der Waals surface area (Å²) in [7, 11) is -3.69. The van der Waals surface area contributed by atoms with Crippen molar-refractivity contribution in [3.05, 3.63) is 23.8 Å². The van der Waals surface area contributed by atoms with Crippen LogP contribution in [0.1, 0.15) is 44.2 Å². The van der Waals surface area contributed by atoms with Gasteiger partial charge < -0.3 is 4.74 Å². The predicted molar refractivity (Wildman–Crippen MR) is 70.8 cm³/mol. The summed E-state index contributed by atoms with van der Waals surface area (Å²) in [6.45, 7) is 5.53. The summed E-state index contributed by atoms with van der Waals surface area (Å²) in [4.78, 5) is 8.40. The predicted octanol–water partition coefficient (Wildman–Crippen LogP) is 1.07. The molecule has 0 radical (unpaired) electrons. The molecule has 19 heavy (non-hydrogen) atoms. The molecule has 0 spiro atoms. The number of rotatable bonds is 5. The molecule has 0 unspecified atom stereocenters. The van der Waals surface area contributed by atoms with Gasteiger partial charge in [-0.25, -0.2) is 13.6 Å². The molecular weight excluding hydrogens is 266 g/mol. The first kappa shape index (κ1) is 14.4. The van der Waals surface area contributed by atoms with Crippen molar-refractivity contribution in [2.24, 2.45) is 5.14 Å². The summed E-state index contributed by atoms with van der Waals surface area (Å²) in [5.74, 6) is 0. The first-order valence-electron chi connectivity index (χ1n) is 6.22. The highest BCUT2D eigenvalue weighted by Crippen LogP contribution is 2.53. The molecule has 2 rings (SSSR count). The molecule has 1 aromatic rings. The number of nitrogens with two attached hydrogens (primary N) is 1. The molecule has 0 aromatic carbocycles. The zero-order valence-corrected chi connectivity index (χ0v) is 12.1. The number of ether oxygens (including phenoxy) is 1. The lowest BCUT2D eigenvalue weighted by molar-refractivity contribution is -0.00327. The van der Waals surface area contributed by atoms with Crippen molar-refractivity contribution in [3.8, 4) is 0 Å². The van der Waals surface area contributed by atoms with Gasteiger partial charge in [0.25, 0.3) is 0 Å². The lowest BCUT2D eigenvalue weighted by atomic mass is 10.1. The topological polar surface area (TPSA) is 95.2 Å². The van der Waals surface area contributed by atoms with Gasteiger partial charge in [-0.2, -0.15) is 0 Å². The van der Waals surface area contributed by atoms with Crippen LogP contribution in [0.2, 0.25) is 0 Å². The standard InChI is InChI=1S/C12H19N3O3S/c1-8(2)18-11(10-7-14-9(3)6-15-10)12(4-5-12)19(13,16)17/h6-8,11H,4-5H2,1-3H3,(H2,13,16,17)/t11-/m0/s1. The van der Waals surface area contributed by atoms with Crippen molar-refractivity contribution >= 4 is 10.0 Å². The van der Waals surface area contributed by atoms with Crippen LogP contribution in [0.5, 0.6) is 0 Å². The zero-order chi connectivity index (χ0) is 14.3. The molecule has 1 aliphatic rings. The SMILES string of the molecule is Cc1cnc([C@H](OC(C)C)C2(S(N)(=O)=O)CC2)cn1. The van der Waals surface area contributed by atoms with E-state index in [1.807, 2.05) is 20.8 Å². The summed E-state index contributed by atoms with van der Waals surface area (Å²) in [6.07, 6.45) is 3.39. The first-order valence-corrected chi connectivity index (χ1v) is 7.77. The fraction of sp³-hybridized carbons (Fsp3) is 0.667. The summed E-state index contributed by atoms with van der Waals surface area (Å²) < 4.78 is 28.4. The Morgan fingerprint density at radius 1 is 1.32 bits per heavy atom. The number of primary sulfonamides is 1. The number of hydrogen-bond acceptors (Lipinski definition) is 5. The van der Waals surface area contributed by atoms with Crippen molar-refractivity contribution in [1.29, 1.82) is 0 Å². The van der Waals surface area contributed by atoms with Gasteiger partial charge in [-0.15, -0.1) is 0 Å². The average molecular weight is 285 g/mol. The van der Waals surface area contributed by atoms with E-state index in [9.17, 15) is 8.42 Å². The summed E-state index contributed by atoms with van der Waals surface area (Å²) in [5, 5.41) is 5.36. The van der Waals surface area contributed by atoms with Gasteiger partial charge in [0.1, 0.15) is 10.9 Å². The molecule has 106 valence electrons. The first-order chi connectivity index (χ1) is 8.76. The van der Waals surface area contributed by atoms with Gasteiger partial charge in [-0.05, 0) is 33.6 Å². The van der Waals surface area contributed by atoms with E-state index in [1.165, 1.54) is 0 Å². The van der Waals surface area contributed by atoms with Crippen LogP contribution >= 0.6 is 0 Å². The average Bonchev–Trinajstić information content (AvgIpc) is 3.07.